The number of nitrogens with one attached hydrogen (secondary N) is 1. The van der Waals surface area contributed by atoms with Gasteiger partial charge in [0.15, 0.2) is 0 Å². The molecule has 0 aliphatic carbocycles. The summed E-state index contributed by atoms with van der Waals surface area (Å²) >= 11 is 12.0. The van der Waals surface area contributed by atoms with Crippen LogP contribution in [0.3, 0.4) is 0 Å². The topological polar surface area (TPSA) is 78.8 Å². The number of anilines is 1. The van der Waals surface area contributed by atoms with Crippen molar-refractivity contribution in [2.75, 3.05) is 11.4 Å². The molecule has 1 amide bonds. The van der Waals surface area contributed by atoms with E-state index in [2.05, 4.69) is 9.71 Å². The molecule has 2 aromatic carbocycles. The number of amidine groups is 1. The standard InChI is InChI=1S/C20H19Cl2N3O3S/c21-15-7-5-14(16(22)11-15)12-23-20(26)13-6-8-17-18(10-13)29(27,28)24-19-4-2-1-3-9-25(17)19/h5-8,10-11H,1-4,9,12H2,(H,23,26). The van der Waals surface area contributed by atoms with Gasteiger partial charge in [-0.25, -0.2) is 0 Å². The van der Waals surface area contributed by atoms with E-state index in [4.69, 9.17) is 23.2 Å². The maximum Gasteiger partial charge on any atom is 0.286 e. The van der Waals surface area contributed by atoms with Crippen LogP contribution in [-0.4, -0.2) is 26.7 Å². The predicted octanol–water partition coefficient (Wildman–Crippen LogP) is 4.40. The quantitative estimate of drug-likeness (QED) is 0.749. The first-order valence-electron chi connectivity index (χ1n) is 9.33. The minimum atomic E-state index is -3.83. The Balaban J connectivity index is 1.59. The van der Waals surface area contributed by atoms with Crippen LogP contribution in [0.15, 0.2) is 45.7 Å². The average molecular weight is 452 g/mol. The van der Waals surface area contributed by atoms with E-state index in [1.54, 1.807) is 30.3 Å². The zero-order valence-electron chi connectivity index (χ0n) is 15.5. The van der Waals surface area contributed by atoms with Gasteiger partial charge in [-0.15, -0.1) is 4.40 Å². The highest BCUT2D eigenvalue weighted by Crippen LogP contribution is 2.35. The van der Waals surface area contributed by atoms with Gasteiger partial charge in [-0.3, -0.25) is 4.79 Å². The summed E-state index contributed by atoms with van der Waals surface area (Å²) in [5, 5.41) is 3.73. The number of benzene rings is 2. The third-order valence-corrected chi connectivity index (χ3v) is 6.99. The smallest absolute Gasteiger partial charge is 0.286 e. The van der Waals surface area contributed by atoms with Gasteiger partial charge in [0.05, 0.1) is 5.69 Å². The second-order valence-electron chi connectivity index (χ2n) is 7.05. The van der Waals surface area contributed by atoms with Crippen LogP contribution in [0, 0.1) is 0 Å². The van der Waals surface area contributed by atoms with Gasteiger partial charge in [0.2, 0.25) is 0 Å². The van der Waals surface area contributed by atoms with Crippen molar-refractivity contribution in [1.82, 2.24) is 5.32 Å². The maximum absolute atomic E-state index is 12.7. The summed E-state index contributed by atoms with van der Waals surface area (Å²) in [7, 11) is -3.83. The SMILES string of the molecule is O=C(NCc1ccc(Cl)cc1Cl)c1ccc2c(c1)S(=O)(=O)N=C1CCCCCN12. The molecule has 9 heteroatoms. The Morgan fingerprint density at radius 3 is 2.72 bits per heavy atom. The number of nitrogens with zero attached hydrogens (tertiary/aromatic N) is 2. The summed E-state index contributed by atoms with van der Waals surface area (Å²) in [4.78, 5) is 14.6. The third kappa shape index (κ3) is 4.13. The van der Waals surface area contributed by atoms with Crippen molar-refractivity contribution in [3.63, 3.8) is 0 Å². The molecule has 0 atom stereocenters. The van der Waals surface area contributed by atoms with E-state index in [0.29, 0.717) is 33.6 Å². The van der Waals surface area contributed by atoms with Gasteiger partial charge < -0.3 is 10.2 Å². The van der Waals surface area contributed by atoms with E-state index in [1.807, 2.05) is 4.90 Å². The van der Waals surface area contributed by atoms with E-state index in [1.165, 1.54) is 6.07 Å². The molecule has 4 rings (SSSR count). The second kappa shape index (κ2) is 7.97. The molecule has 1 fully saturated rings. The number of fused-ring (bicyclic) bond motifs is 3. The second-order valence-corrected chi connectivity index (χ2v) is 9.46. The zero-order chi connectivity index (χ0) is 20.6. The number of carbonyl (C=O) groups is 1. The Morgan fingerprint density at radius 2 is 1.93 bits per heavy atom. The fourth-order valence-electron chi connectivity index (χ4n) is 3.56. The molecular weight excluding hydrogens is 433 g/mol. The maximum atomic E-state index is 12.7. The van der Waals surface area contributed by atoms with Crippen molar-refractivity contribution < 1.29 is 13.2 Å². The fraction of sp³-hybridized carbons (Fsp3) is 0.300. The molecule has 0 aromatic heterocycles. The van der Waals surface area contributed by atoms with Crippen molar-refractivity contribution in [2.45, 2.75) is 37.1 Å². The summed E-state index contributed by atoms with van der Waals surface area (Å²) in [6, 6.07) is 9.76. The van der Waals surface area contributed by atoms with E-state index in [9.17, 15) is 13.2 Å². The lowest BCUT2D eigenvalue weighted by atomic mass is 10.1. The van der Waals surface area contributed by atoms with Crippen molar-refractivity contribution >= 4 is 50.7 Å². The van der Waals surface area contributed by atoms with Gasteiger partial charge in [-0.05, 0) is 48.7 Å². The number of carbonyl (C=O) groups excluding carboxylic acids is 1. The first kappa shape index (κ1) is 20.2. The van der Waals surface area contributed by atoms with Crippen molar-refractivity contribution in [2.24, 2.45) is 4.40 Å². The van der Waals surface area contributed by atoms with E-state index in [0.717, 1.165) is 25.8 Å². The molecule has 2 aliphatic heterocycles. The van der Waals surface area contributed by atoms with Gasteiger partial charge >= 0.3 is 0 Å². The molecule has 0 unspecified atom stereocenters. The number of rotatable bonds is 3. The van der Waals surface area contributed by atoms with Crippen LogP contribution in [-0.2, 0) is 16.6 Å². The summed E-state index contributed by atoms with van der Waals surface area (Å²) < 4.78 is 29.4. The monoisotopic (exact) mass is 451 g/mol. The summed E-state index contributed by atoms with van der Waals surface area (Å²) in [6.45, 7) is 0.926. The molecule has 0 spiro atoms. The van der Waals surface area contributed by atoms with Crippen LogP contribution < -0.4 is 10.2 Å². The van der Waals surface area contributed by atoms with Crippen molar-refractivity contribution in [3.05, 3.63) is 57.6 Å². The molecule has 1 N–H and O–H groups in total. The molecular formula is C20H19Cl2N3O3S. The number of sulfonamides is 1. The van der Waals surface area contributed by atoms with Gasteiger partial charge in [0.25, 0.3) is 15.9 Å². The summed E-state index contributed by atoms with van der Waals surface area (Å²) in [5.74, 6) is 0.198. The zero-order valence-corrected chi connectivity index (χ0v) is 17.8. The average Bonchev–Trinajstić information content (AvgIpc) is 2.91. The Morgan fingerprint density at radius 1 is 1.10 bits per heavy atom. The Bertz CT molecular complexity index is 1120. The van der Waals surface area contributed by atoms with Crippen LogP contribution in [0.5, 0.6) is 0 Å². The molecule has 0 bridgehead atoms. The minimum absolute atomic E-state index is 0.0697. The van der Waals surface area contributed by atoms with Gasteiger partial charge in [0.1, 0.15) is 10.7 Å². The van der Waals surface area contributed by atoms with Crippen molar-refractivity contribution in [3.8, 4) is 0 Å². The lowest BCUT2D eigenvalue weighted by Crippen LogP contribution is -2.35. The normalized spacial score (nSPS) is 17.6. The molecule has 152 valence electrons. The number of hydrogen-bond donors (Lipinski definition) is 1. The first-order valence-corrected chi connectivity index (χ1v) is 11.5. The van der Waals surface area contributed by atoms with Crippen LogP contribution in [0.25, 0.3) is 0 Å². The largest absolute Gasteiger partial charge is 0.348 e. The fourth-order valence-corrected chi connectivity index (χ4v) is 5.32. The number of hydrogen-bond acceptors (Lipinski definition) is 4. The van der Waals surface area contributed by atoms with E-state index >= 15 is 0 Å². The van der Waals surface area contributed by atoms with Gasteiger partial charge in [-0.2, -0.15) is 8.42 Å². The molecule has 2 aliphatic rings. The minimum Gasteiger partial charge on any atom is -0.348 e. The molecule has 1 saturated heterocycles. The van der Waals surface area contributed by atoms with Crippen LogP contribution in [0.4, 0.5) is 5.69 Å². The highest BCUT2D eigenvalue weighted by Gasteiger charge is 2.32. The molecule has 0 saturated carbocycles. The number of amides is 1. The Labute approximate surface area is 179 Å². The Hall–Kier alpha value is -2.09. The van der Waals surface area contributed by atoms with Gasteiger partial charge in [-0.1, -0.05) is 35.7 Å². The molecule has 2 heterocycles. The predicted molar refractivity (Wildman–Crippen MR) is 115 cm³/mol. The van der Waals surface area contributed by atoms with E-state index in [-0.39, 0.29) is 22.9 Å². The van der Waals surface area contributed by atoms with E-state index < -0.39 is 10.0 Å². The lowest BCUT2D eigenvalue weighted by molar-refractivity contribution is 0.0950. The molecule has 6 nitrogen and oxygen atoms in total. The third-order valence-electron chi connectivity index (χ3n) is 5.06. The molecule has 0 radical (unpaired) electrons. The Kier molecular flexibility index (Phi) is 5.55. The summed E-state index contributed by atoms with van der Waals surface area (Å²) in [6.07, 6.45) is 3.58. The van der Waals surface area contributed by atoms with Crippen LogP contribution in [0.1, 0.15) is 41.6 Å². The highest BCUT2D eigenvalue weighted by atomic mass is 35.5. The van der Waals surface area contributed by atoms with Gasteiger partial charge in [0, 0.05) is 35.1 Å². The summed E-state index contributed by atoms with van der Waals surface area (Å²) in [5.41, 5.74) is 1.56. The van der Waals surface area contributed by atoms with Crippen LogP contribution >= 0.6 is 23.2 Å². The molecule has 29 heavy (non-hydrogen) atoms. The van der Waals surface area contributed by atoms with Crippen molar-refractivity contribution in [1.29, 1.82) is 0 Å². The van der Waals surface area contributed by atoms with Crippen LogP contribution in [0.2, 0.25) is 10.0 Å². The number of halogens is 2. The highest BCUT2D eigenvalue weighted by molar-refractivity contribution is 7.90. The molecule has 2 aromatic rings. The first-order chi connectivity index (χ1) is 13.8. The lowest BCUT2D eigenvalue weighted by Gasteiger charge is -2.29.